The molecule has 252 valence electrons. The zero-order valence-electron chi connectivity index (χ0n) is 27.1. The van der Waals surface area contributed by atoms with Crippen molar-refractivity contribution in [3.05, 3.63) is 89.8 Å². The number of aromatic nitrogens is 8. The Morgan fingerprint density at radius 2 is 1.67 bits per heavy atom. The van der Waals surface area contributed by atoms with Crippen molar-refractivity contribution < 1.29 is 14.9 Å². The molecule has 2 aliphatic rings. The van der Waals surface area contributed by atoms with Crippen LogP contribution in [0.15, 0.2) is 67.0 Å². The molecule has 4 N–H and O–H groups in total. The summed E-state index contributed by atoms with van der Waals surface area (Å²) in [5.41, 5.74) is 3.39. The van der Waals surface area contributed by atoms with Gasteiger partial charge in [0.05, 0.1) is 19.4 Å². The van der Waals surface area contributed by atoms with E-state index in [0.29, 0.717) is 42.4 Å². The number of fused-ring (bicyclic) bond motifs is 1. The van der Waals surface area contributed by atoms with Gasteiger partial charge in [-0.2, -0.15) is 4.80 Å². The van der Waals surface area contributed by atoms with Gasteiger partial charge in [-0.25, -0.2) is 15.0 Å². The highest BCUT2D eigenvalue weighted by atomic mass is 16.6. The van der Waals surface area contributed by atoms with E-state index in [0.717, 1.165) is 26.2 Å². The van der Waals surface area contributed by atoms with E-state index in [2.05, 4.69) is 84.5 Å². The van der Waals surface area contributed by atoms with Crippen molar-refractivity contribution in [2.75, 3.05) is 38.0 Å². The van der Waals surface area contributed by atoms with Crippen LogP contribution in [0.4, 0.5) is 5.82 Å². The van der Waals surface area contributed by atoms with Crippen molar-refractivity contribution in [3.8, 4) is 0 Å². The number of benzene rings is 2. The number of piperidine rings is 1. The third-order valence-corrected chi connectivity index (χ3v) is 9.20. The van der Waals surface area contributed by atoms with Crippen molar-refractivity contribution in [2.24, 2.45) is 0 Å². The number of tetrazole rings is 1. The summed E-state index contributed by atoms with van der Waals surface area (Å²) < 4.78 is 7.84. The number of imidazole rings is 1. The second-order valence-corrected chi connectivity index (χ2v) is 12.4. The number of rotatable bonds is 13. The Labute approximate surface area is 279 Å². The average Bonchev–Trinajstić information content (AvgIpc) is 3.86. The van der Waals surface area contributed by atoms with E-state index in [1.807, 2.05) is 19.1 Å². The minimum Gasteiger partial charge on any atom is -0.387 e. The SMILES string of the molecule is CCn1nnc([C@H]2O[C@@H](n3cnc4c(NCC(c5ccccc5)c5ccccc5)nc(CNCCN5CCCCC5)nc43)[C@H](O)[C@@H]2O)n1. The number of aryl methyl sites for hydroxylation is 1. The van der Waals surface area contributed by atoms with Crippen LogP contribution < -0.4 is 10.6 Å². The molecule has 0 bridgehead atoms. The second-order valence-electron chi connectivity index (χ2n) is 12.4. The van der Waals surface area contributed by atoms with E-state index in [4.69, 9.17) is 14.7 Å². The summed E-state index contributed by atoms with van der Waals surface area (Å²) in [6.07, 6.45) is 0.899. The third-order valence-electron chi connectivity index (χ3n) is 9.20. The summed E-state index contributed by atoms with van der Waals surface area (Å²) in [5.74, 6) is 1.43. The number of nitrogens with zero attached hydrogens (tertiary/aromatic N) is 9. The van der Waals surface area contributed by atoms with Crippen molar-refractivity contribution in [1.29, 1.82) is 0 Å². The van der Waals surface area contributed by atoms with Gasteiger partial charge in [0, 0.05) is 25.6 Å². The Kier molecular flexibility index (Phi) is 9.95. The van der Waals surface area contributed by atoms with Gasteiger partial charge < -0.3 is 30.5 Å². The van der Waals surface area contributed by atoms with Gasteiger partial charge in [-0.1, -0.05) is 67.1 Å². The topological polar surface area (TPSA) is 164 Å². The highest BCUT2D eigenvalue weighted by Gasteiger charge is 2.47. The predicted octanol–water partition coefficient (Wildman–Crippen LogP) is 2.64. The maximum Gasteiger partial charge on any atom is 0.206 e. The lowest BCUT2D eigenvalue weighted by molar-refractivity contribution is -0.0384. The Balaban J connectivity index is 1.17. The van der Waals surface area contributed by atoms with E-state index in [9.17, 15) is 10.2 Å². The summed E-state index contributed by atoms with van der Waals surface area (Å²) in [6.45, 7) is 7.50. The summed E-state index contributed by atoms with van der Waals surface area (Å²) in [6, 6.07) is 20.8. The first kappa shape index (κ1) is 32.2. The molecule has 0 spiro atoms. The van der Waals surface area contributed by atoms with Crippen molar-refractivity contribution in [2.45, 2.75) is 69.7 Å². The van der Waals surface area contributed by atoms with Crippen LogP contribution in [0.3, 0.4) is 0 Å². The van der Waals surface area contributed by atoms with Crippen LogP contribution in [0.25, 0.3) is 11.2 Å². The van der Waals surface area contributed by atoms with Crippen LogP contribution >= 0.6 is 0 Å². The molecule has 48 heavy (non-hydrogen) atoms. The summed E-state index contributed by atoms with van der Waals surface area (Å²) in [5, 5.41) is 41.6. The lowest BCUT2D eigenvalue weighted by Gasteiger charge is -2.26. The number of hydrogen-bond donors (Lipinski definition) is 4. The van der Waals surface area contributed by atoms with Gasteiger partial charge in [-0.15, -0.1) is 10.2 Å². The maximum absolute atomic E-state index is 11.2. The molecule has 3 aromatic heterocycles. The molecule has 2 aliphatic heterocycles. The molecule has 4 atom stereocenters. The molecular weight excluding hydrogens is 610 g/mol. The van der Waals surface area contributed by atoms with E-state index in [1.165, 1.54) is 35.2 Å². The number of anilines is 1. The molecule has 0 radical (unpaired) electrons. The number of aliphatic hydroxyl groups is 2. The minimum atomic E-state index is -1.28. The molecule has 7 rings (SSSR count). The molecule has 0 amide bonds. The Bertz CT molecular complexity index is 1720. The quantitative estimate of drug-likeness (QED) is 0.138. The molecule has 14 heteroatoms. The van der Waals surface area contributed by atoms with E-state index >= 15 is 0 Å². The normalized spacial score (nSPS) is 21.8. The standard InChI is InChI=1S/C34H43N11O3/c1-2-45-41-32(40-42-45)30-28(46)29(47)34(48-30)44-22-37-27-31(36-20-25(23-12-6-3-7-13-23)24-14-8-4-9-15-24)38-26(39-33(27)44)21-35-16-19-43-17-10-5-11-18-43/h3-4,6-9,12-15,22,25,28-30,34-35,46-47H,2,5,10-11,16-21H2,1H3,(H,36,38,39)/t28-,29+,30-,34+/m0/s1. The monoisotopic (exact) mass is 653 g/mol. The van der Waals surface area contributed by atoms with Gasteiger partial charge in [-0.05, 0) is 49.2 Å². The number of hydrogen-bond acceptors (Lipinski definition) is 12. The van der Waals surface area contributed by atoms with Crippen LogP contribution in [-0.4, -0.2) is 99.8 Å². The molecule has 2 fully saturated rings. The first-order valence-corrected chi connectivity index (χ1v) is 16.9. The van der Waals surface area contributed by atoms with Gasteiger partial charge in [0.15, 0.2) is 29.3 Å². The Hall–Kier alpha value is -4.34. The third kappa shape index (κ3) is 6.93. The highest BCUT2D eigenvalue weighted by Crippen LogP contribution is 2.39. The summed E-state index contributed by atoms with van der Waals surface area (Å²) >= 11 is 0. The fourth-order valence-corrected chi connectivity index (χ4v) is 6.57. The van der Waals surface area contributed by atoms with E-state index in [-0.39, 0.29) is 11.7 Å². The van der Waals surface area contributed by atoms with Crippen LogP contribution in [0.1, 0.15) is 67.2 Å². The zero-order chi connectivity index (χ0) is 32.9. The first-order valence-electron chi connectivity index (χ1n) is 16.9. The molecule has 2 aromatic carbocycles. The molecule has 14 nitrogen and oxygen atoms in total. The van der Waals surface area contributed by atoms with E-state index < -0.39 is 24.5 Å². The second kappa shape index (κ2) is 14.8. The molecule has 2 saturated heterocycles. The Morgan fingerprint density at radius 3 is 2.35 bits per heavy atom. The first-order chi connectivity index (χ1) is 23.6. The average molecular weight is 654 g/mol. The summed E-state index contributed by atoms with van der Waals surface area (Å²) in [7, 11) is 0. The lowest BCUT2D eigenvalue weighted by atomic mass is 9.91. The van der Waals surface area contributed by atoms with Crippen LogP contribution in [0.5, 0.6) is 0 Å². The Morgan fingerprint density at radius 1 is 0.938 bits per heavy atom. The molecule has 0 aliphatic carbocycles. The molecule has 0 saturated carbocycles. The predicted molar refractivity (Wildman–Crippen MR) is 179 cm³/mol. The fraction of sp³-hybridized carbons (Fsp3) is 0.471. The van der Waals surface area contributed by atoms with Gasteiger partial charge in [-0.3, -0.25) is 4.57 Å². The fourth-order valence-electron chi connectivity index (χ4n) is 6.57. The van der Waals surface area contributed by atoms with Crippen LogP contribution in [0.2, 0.25) is 0 Å². The lowest BCUT2D eigenvalue weighted by Crippen LogP contribution is -2.35. The molecule has 0 unspecified atom stereocenters. The van der Waals surface area contributed by atoms with E-state index in [1.54, 1.807) is 10.9 Å². The summed E-state index contributed by atoms with van der Waals surface area (Å²) in [4.78, 5) is 18.4. The van der Waals surface area contributed by atoms with Crippen molar-refractivity contribution in [3.63, 3.8) is 0 Å². The minimum absolute atomic E-state index is 0.0607. The highest BCUT2D eigenvalue weighted by molar-refractivity contribution is 5.83. The number of nitrogens with one attached hydrogen (secondary N) is 2. The van der Waals surface area contributed by atoms with Gasteiger partial charge in [0.1, 0.15) is 18.0 Å². The number of aliphatic hydroxyl groups excluding tert-OH is 2. The number of ether oxygens (including phenoxy) is 1. The van der Waals surface area contributed by atoms with Crippen LogP contribution in [0, 0.1) is 0 Å². The largest absolute Gasteiger partial charge is 0.387 e. The van der Waals surface area contributed by atoms with Gasteiger partial charge >= 0.3 is 0 Å². The molecule has 5 heterocycles. The van der Waals surface area contributed by atoms with Gasteiger partial charge in [0.25, 0.3) is 0 Å². The van der Waals surface area contributed by atoms with Crippen molar-refractivity contribution >= 4 is 17.0 Å². The molecular formula is C34H43N11O3. The van der Waals surface area contributed by atoms with Crippen LogP contribution in [-0.2, 0) is 17.8 Å². The maximum atomic E-state index is 11.2. The van der Waals surface area contributed by atoms with Crippen molar-refractivity contribution in [1.82, 2.24) is 49.9 Å². The molecule has 5 aromatic rings. The smallest absolute Gasteiger partial charge is 0.206 e. The van der Waals surface area contributed by atoms with Gasteiger partial charge in [0.2, 0.25) is 5.82 Å². The number of likely N-dealkylation sites (tertiary alicyclic amines) is 1. The zero-order valence-corrected chi connectivity index (χ0v) is 27.1.